The van der Waals surface area contributed by atoms with Gasteiger partial charge in [-0.2, -0.15) is 18.2 Å². The van der Waals surface area contributed by atoms with E-state index in [1.54, 1.807) is 12.1 Å². The van der Waals surface area contributed by atoms with Gasteiger partial charge in [0, 0.05) is 17.6 Å². The van der Waals surface area contributed by atoms with Gasteiger partial charge < -0.3 is 10.6 Å². The molecule has 158 valence electrons. The molecule has 0 aliphatic carbocycles. The summed E-state index contributed by atoms with van der Waals surface area (Å²) in [5, 5.41) is 5.88. The van der Waals surface area contributed by atoms with Gasteiger partial charge in [0.05, 0.1) is 0 Å². The van der Waals surface area contributed by atoms with E-state index in [1.807, 2.05) is 43.3 Å². The fourth-order valence-electron chi connectivity index (χ4n) is 3.15. The van der Waals surface area contributed by atoms with Gasteiger partial charge in [0.15, 0.2) is 0 Å². The lowest BCUT2D eigenvalue weighted by Crippen LogP contribution is -2.13. The summed E-state index contributed by atoms with van der Waals surface area (Å²) in [5.41, 5.74) is 2.41. The van der Waals surface area contributed by atoms with Crippen LogP contribution in [0.3, 0.4) is 0 Å². The molecule has 7 heteroatoms. The zero-order valence-corrected chi connectivity index (χ0v) is 17.1. The predicted octanol–water partition coefficient (Wildman–Crippen LogP) is 7.02. The Morgan fingerprint density at radius 2 is 1.77 bits per heavy atom. The summed E-state index contributed by atoms with van der Waals surface area (Å²) in [5.74, 6) is -0.171. The summed E-state index contributed by atoms with van der Waals surface area (Å²) in [4.78, 5) is 8.02. The summed E-state index contributed by atoms with van der Waals surface area (Å²) in [6.07, 6.45) is 0.158. The molecule has 0 aliphatic heterocycles. The Balaban J connectivity index is 1.92. The molecule has 0 radical (unpaired) electrons. The molecule has 1 heterocycles. The zero-order valence-electron chi connectivity index (χ0n) is 17.1. The zero-order chi connectivity index (χ0) is 21.6. The van der Waals surface area contributed by atoms with Crippen molar-refractivity contribution >= 4 is 23.1 Å². The SMILES string of the molecule is CCCCCc1ccccc1Nc1nc(Nc2cccc(C)c2)ncc1C(F)(F)F. The van der Waals surface area contributed by atoms with E-state index in [-0.39, 0.29) is 11.8 Å². The minimum atomic E-state index is -4.57. The van der Waals surface area contributed by atoms with Crippen LogP contribution in [0.5, 0.6) is 0 Å². The number of hydrogen-bond donors (Lipinski definition) is 2. The van der Waals surface area contributed by atoms with Crippen molar-refractivity contribution in [2.45, 2.75) is 45.7 Å². The van der Waals surface area contributed by atoms with E-state index in [0.29, 0.717) is 11.4 Å². The first-order chi connectivity index (χ1) is 14.4. The number of nitrogens with one attached hydrogen (secondary N) is 2. The minimum absolute atomic E-state index is 0.0968. The first-order valence-corrected chi connectivity index (χ1v) is 9.99. The molecule has 2 aromatic carbocycles. The first-order valence-electron chi connectivity index (χ1n) is 9.99. The van der Waals surface area contributed by atoms with Crippen molar-refractivity contribution in [2.75, 3.05) is 10.6 Å². The Bertz CT molecular complexity index is 986. The smallest absolute Gasteiger partial charge is 0.339 e. The number of anilines is 4. The van der Waals surface area contributed by atoms with Crippen LogP contribution in [0.4, 0.5) is 36.3 Å². The summed E-state index contributed by atoms with van der Waals surface area (Å²) < 4.78 is 40.7. The Labute approximate surface area is 174 Å². The lowest BCUT2D eigenvalue weighted by atomic mass is 10.1. The van der Waals surface area contributed by atoms with Crippen molar-refractivity contribution in [2.24, 2.45) is 0 Å². The van der Waals surface area contributed by atoms with Crippen LogP contribution >= 0.6 is 0 Å². The fourth-order valence-corrected chi connectivity index (χ4v) is 3.15. The largest absolute Gasteiger partial charge is 0.421 e. The average Bonchev–Trinajstić information content (AvgIpc) is 2.69. The highest BCUT2D eigenvalue weighted by atomic mass is 19.4. The van der Waals surface area contributed by atoms with E-state index < -0.39 is 11.7 Å². The van der Waals surface area contributed by atoms with E-state index >= 15 is 0 Å². The molecule has 2 N–H and O–H groups in total. The van der Waals surface area contributed by atoms with Crippen molar-refractivity contribution < 1.29 is 13.2 Å². The third-order valence-corrected chi connectivity index (χ3v) is 4.69. The Morgan fingerprint density at radius 3 is 2.50 bits per heavy atom. The summed E-state index contributed by atoms with van der Waals surface area (Å²) in [7, 11) is 0. The molecule has 1 aromatic heterocycles. The van der Waals surface area contributed by atoms with Crippen LogP contribution in [0, 0.1) is 6.92 Å². The van der Waals surface area contributed by atoms with Gasteiger partial charge in [-0.1, -0.05) is 50.1 Å². The van der Waals surface area contributed by atoms with Crippen LogP contribution in [0.1, 0.15) is 42.9 Å². The Morgan fingerprint density at radius 1 is 0.967 bits per heavy atom. The molecule has 30 heavy (non-hydrogen) atoms. The number of halogens is 3. The van der Waals surface area contributed by atoms with Gasteiger partial charge in [0.25, 0.3) is 0 Å². The number of alkyl halides is 3. The van der Waals surface area contributed by atoms with E-state index in [9.17, 15) is 13.2 Å². The van der Waals surface area contributed by atoms with E-state index in [2.05, 4.69) is 27.5 Å². The fraction of sp³-hybridized carbons (Fsp3) is 0.304. The van der Waals surface area contributed by atoms with Crippen molar-refractivity contribution in [3.8, 4) is 0 Å². The maximum atomic E-state index is 13.6. The van der Waals surface area contributed by atoms with Crippen molar-refractivity contribution in [3.63, 3.8) is 0 Å². The molecule has 0 saturated heterocycles. The molecule has 0 fully saturated rings. The molecule has 0 spiro atoms. The van der Waals surface area contributed by atoms with Gasteiger partial charge in [0.1, 0.15) is 11.4 Å². The summed E-state index contributed by atoms with van der Waals surface area (Å²) >= 11 is 0. The quantitative estimate of drug-likeness (QED) is 0.389. The molecule has 0 unspecified atom stereocenters. The standard InChI is InChI=1S/C23H25F3N4/c1-3-4-5-10-17-11-6-7-13-20(17)29-21-19(23(24,25)26)15-27-22(30-21)28-18-12-8-9-16(2)14-18/h6-9,11-15H,3-5,10H2,1-2H3,(H2,27,28,29,30). The summed E-state index contributed by atoms with van der Waals surface area (Å²) in [6, 6.07) is 14.9. The lowest BCUT2D eigenvalue weighted by Gasteiger charge is -2.17. The number of hydrogen-bond acceptors (Lipinski definition) is 4. The number of rotatable bonds is 8. The molecular weight excluding hydrogens is 389 g/mol. The van der Waals surface area contributed by atoms with Crippen molar-refractivity contribution in [1.29, 1.82) is 0 Å². The molecule has 3 aromatic rings. The number of para-hydroxylation sites is 1. The number of nitrogens with zero attached hydrogens (tertiary/aromatic N) is 2. The topological polar surface area (TPSA) is 49.8 Å². The maximum Gasteiger partial charge on any atom is 0.421 e. The van der Waals surface area contributed by atoms with E-state index in [0.717, 1.165) is 43.0 Å². The molecule has 0 aliphatic rings. The highest BCUT2D eigenvalue weighted by molar-refractivity contribution is 5.65. The highest BCUT2D eigenvalue weighted by Crippen LogP contribution is 2.36. The van der Waals surface area contributed by atoms with Crippen LogP contribution in [0.15, 0.2) is 54.7 Å². The normalized spacial score (nSPS) is 11.4. The molecule has 0 bridgehead atoms. The van der Waals surface area contributed by atoms with Crippen LogP contribution in [0.25, 0.3) is 0 Å². The van der Waals surface area contributed by atoms with E-state index in [1.165, 1.54) is 0 Å². The number of unbranched alkanes of at least 4 members (excludes halogenated alkanes) is 2. The number of aryl methyl sites for hydroxylation is 2. The number of benzene rings is 2. The predicted molar refractivity (Wildman–Crippen MR) is 114 cm³/mol. The third-order valence-electron chi connectivity index (χ3n) is 4.69. The monoisotopic (exact) mass is 414 g/mol. The second-order valence-corrected chi connectivity index (χ2v) is 7.19. The molecule has 0 amide bonds. The highest BCUT2D eigenvalue weighted by Gasteiger charge is 2.35. The van der Waals surface area contributed by atoms with Crippen molar-refractivity contribution in [1.82, 2.24) is 9.97 Å². The summed E-state index contributed by atoms with van der Waals surface area (Å²) in [6.45, 7) is 4.05. The average molecular weight is 414 g/mol. The third kappa shape index (κ3) is 5.72. The van der Waals surface area contributed by atoms with Gasteiger partial charge in [-0.05, 0) is 49.1 Å². The van der Waals surface area contributed by atoms with Crippen LogP contribution < -0.4 is 10.6 Å². The van der Waals surface area contributed by atoms with Gasteiger partial charge >= 0.3 is 6.18 Å². The second kappa shape index (κ2) is 9.61. The molecular formula is C23H25F3N4. The van der Waals surface area contributed by atoms with Crippen LogP contribution in [-0.4, -0.2) is 9.97 Å². The lowest BCUT2D eigenvalue weighted by molar-refractivity contribution is -0.137. The molecule has 0 saturated carbocycles. The Kier molecular flexibility index (Phi) is 6.92. The second-order valence-electron chi connectivity index (χ2n) is 7.19. The van der Waals surface area contributed by atoms with Gasteiger partial charge in [-0.25, -0.2) is 4.98 Å². The number of aromatic nitrogens is 2. The maximum absolute atomic E-state index is 13.6. The van der Waals surface area contributed by atoms with Gasteiger partial charge in [-0.3, -0.25) is 0 Å². The van der Waals surface area contributed by atoms with E-state index in [4.69, 9.17) is 0 Å². The minimum Gasteiger partial charge on any atom is -0.339 e. The van der Waals surface area contributed by atoms with Crippen LogP contribution in [0.2, 0.25) is 0 Å². The first kappa shape index (κ1) is 21.6. The van der Waals surface area contributed by atoms with Crippen molar-refractivity contribution in [3.05, 3.63) is 71.4 Å². The van der Waals surface area contributed by atoms with Gasteiger partial charge in [0.2, 0.25) is 5.95 Å². The molecule has 4 nitrogen and oxygen atoms in total. The Hall–Kier alpha value is -3.09. The molecule has 3 rings (SSSR count). The van der Waals surface area contributed by atoms with Gasteiger partial charge in [-0.15, -0.1) is 0 Å². The molecule has 0 atom stereocenters. The van der Waals surface area contributed by atoms with Crippen LogP contribution in [-0.2, 0) is 12.6 Å².